The molecule has 1 amide bonds. The first-order valence-electron chi connectivity index (χ1n) is 5.79. The van der Waals surface area contributed by atoms with Gasteiger partial charge < -0.3 is 4.42 Å². The molecule has 4 nitrogen and oxygen atoms in total. The van der Waals surface area contributed by atoms with Gasteiger partial charge in [0.05, 0.1) is 0 Å². The van der Waals surface area contributed by atoms with Gasteiger partial charge in [-0.25, -0.2) is 5.43 Å². The van der Waals surface area contributed by atoms with Crippen molar-refractivity contribution in [1.29, 1.82) is 0 Å². The minimum atomic E-state index is -0.305. The Bertz CT molecular complexity index is 439. The lowest BCUT2D eigenvalue weighted by Crippen LogP contribution is -2.24. The number of hydrazone groups is 1. The highest BCUT2D eigenvalue weighted by Crippen LogP contribution is 2.20. The predicted octanol–water partition coefficient (Wildman–Crippen LogP) is 3.34. The van der Waals surface area contributed by atoms with Gasteiger partial charge in [-0.15, -0.1) is 0 Å². The zero-order valence-corrected chi connectivity index (χ0v) is 11.3. The summed E-state index contributed by atoms with van der Waals surface area (Å²) in [6, 6.07) is 3.30. The fourth-order valence-corrected chi connectivity index (χ4v) is 2.26. The van der Waals surface area contributed by atoms with E-state index in [1.54, 1.807) is 12.1 Å². The minimum Gasteiger partial charge on any atom is -0.444 e. The first kappa shape index (κ1) is 12.4. The molecule has 0 radical (unpaired) electrons. The molecule has 0 aliphatic heterocycles. The Kier molecular flexibility index (Phi) is 3.99. The molecule has 17 heavy (non-hydrogen) atoms. The zero-order chi connectivity index (χ0) is 12.3. The van der Waals surface area contributed by atoms with Crippen molar-refractivity contribution in [3.05, 3.63) is 22.6 Å². The summed E-state index contributed by atoms with van der Waals surface area (Å²) in [5, 5.41) is 4.19. The molecule has 1 aromatic rings. The molecule has 0 saturated heterocycles. The second-order valence-corrected chi connectivity index (χ2v) is 5.08. The van der Waals surface area contributed by atoms with Gasteiger partial charge in [0.2, 0.25) is 0 Å². The van der Waals surface area contributed by atoms with Gasteiger partial charge in [-0.05, 0) is 53.2 Å². The Morgan fingerprint density at radius 1 is 1.53 bits per heavy atom. The average Bonchev–Trinajstić information content (AvgIpc) is 2.74. The van der Waals surface area contributed by atoms with Crippen molar-refractivity contribution in [1.82, 2.24) is 5.43 Å². The number of furan rings is 1. The maximum atomic E-state index is 11.7. The van der Waals surface area contributed by atoms with Crippen LogP contribution >= 0.6 is 15.9 Å². The van der Waals surface area contributed by atoms with E-state index in [2.05, 4.69) is 33.4 Å². The fourth-order valence-electron chi connectivity index (χ4n) is 1.95. The lowest BCUT2D eigenvalue weighted by Gasteiger charge is -2.19. The van der Waals surface area contributed by atoms with Gasteiger partial charge in [-0.2, -0.15) is 5.10 Å². The molecule has 0 bridgehead atoms. The summed E-state index contributed by atoms with van der Waals surface area (Å²) < 4.78 is 5.69. The Hall–Kier alpha value is -1.10. The van der Waals surface area contributed by atoms with Crippen molar-refractivity contribution in [2.45, 2.75) is 32.6 Å². The first-order valence-corrected chi connectivity index (χ1v) is 6.58. The number of rotatable bonds is 2. The number of hydrogen-bond acceptors (Lipinski definition) is 3. The topological polar surface area (TPSA) is 54.6 Å². The predicted molar refractivity (Wildman–Crippen MR) is 68.9 cm³/mol. The summed E-state index contributed by atoms with van der Waals surface area (Å²) in [4.78, 5) is 11.7. The van der Waals surface area contributed by atoms with Gasteiger partial charge in [0.1, 0.15) is 0 Å². The molecule has 1 N–H and O–H groups in total. The van der Waals surface area contributed by atoms with E-state index in [4.69, 9.17) is 4.42 Å². The largest absolute Gasteiger partial charge is 0.444 e. The van der Waals surface area contributed by atoms with Crippen molar-refractivity contribution in [2.24, 2.45) is 11.0 Å². The van der Waals surface area contributed by atoms with Gasteiger partial charge in [0.25, 0.3) is 0 Å². The van der Waals surface area contributed by atoms with Crippen LogP contribution in [0.3, 0.4) is 0 Å². The third-order valence-corrected chi connectivity index (χ3v) is 3.41. The molecule has 92 valence electrons. The van der Waals surface area contributed by atoms with Crippen molar-refractivity contribution in [3.8, 4) is 0 Å². The average molecular weight is 299 g/mol. The van der Waals surface area contributed by atoms with E-state index in [-0.39, 0.29) is 11.7 Å². The Morgan fingerprint density at radius 3 is 3.00 bits per heavy atom. The van der Waals surface area contributed by atoms with Crippen molar-refractivity contribution < 1.29 is 9.21 Å². The lowest BCUT2D eigenvalue weighted by atomic mass is 9.89. The van der Waals surface area contributed by atoms with E-state index in [9.17, 15) is 4.79 Å². The van der Waals surface area contributed by atoms with Crippen LogP contribution in [0.4, 0.5) is 0 Å². The third kappa shape index (κ3) is 3.19. The molecule has 0 spiro atoms. The molecule has 1 aliphatic rings. The summed E-state index contributed by atoms with van der Waals surface area (Å²) >= 11 is 3.16. The van der Waals surface area contributed by atoms with E-state index >= 15 is 0 Å². The van der Waals surface area contributed by atoms with Crippen molar-refractivity contribution in [2.75, 3.05) is 0 Å². The highest BCUT2D eigenvalue weighted by atomic mass is 79.9. The number of hydrogen-bond donors (Lipinski definition) is 1. The number of carbonyl (C=O) groups is 1. The first-order chi connectivity index (χ1) is 8.16. The summed E-state index contributed by atoms with van der Waals surface area (Å²) in [7, 11) is 0. The van der Waals surface area contributed by atoms with Gasteiger partial charge in [0.15, 0.2) is 10.4 Å². The Labute approximate surface area is 109 Å². The minimum absolute atomic E-state index is 0.268. The molecule has 1 fully saturated rings. The van der Waals surface area contributed by atoms with E-state index in [0.29, 0.717) is 10.6 Å². The highest BCUT2D eigenvalue weighted by Gasteiger charge is 2.17. The molecule has 2 rings (SSSR count). The van der Waals surface area contributed by atoms with Gasteiger partial charge in [0, 0.05) is 5.71 Å². The smallest absolute Gasteiger partial charge is 0.307 e. The zero-order valence-electron chi connectivity index (χ0n) is 9.70. The van der Waals surface area contributed by atoms with Crippen LogP contribution in [0.2, 0.25) is 0 Å². The summed E-state index contributed by atoms with van der Waals surface area (Å²) in [6.07, 6.45) is 4.54. The van der Waals surface area contributed by atoms with Crippen LogP contribution in [0.25, 0.3) is 0 Å². The maximum Gasteiger partial charge on any atom is 0.307 e. The van der Waals surface area contributed by atoms with Crippen LogP contribution < -0.4 is 5.43 Å². The molecule has 1 atom stereocenters. The molecule has 1 heterocycles. The molecule has 0 unspecified atom stereocenters. The number of carbonyl (C=O) groups excluding carboxylic acids is 1. The van der Waals surface area contributed by atoms with E-state index in [1.165, 1.54) is 6.42 Å². The number of amides is 1. The molecule has 1 saturated carbocycles. The van der Waals surface area contributed by atoms with Crippen LogP contribution in [0.15, 0.2) is 26.3 Å². The summed E-state index contributed by atoms with van der Waals surface area (Å²) in [5.74, 6) is 0.429. The molecule has 1 aliphatic carbocycles. The SMILES string of the molecule is C[C@@H]1CCCCC1=NNC(=O)c1ccc(Br)o1. The van der Waals surface area contributed by atoms with E-state index < -0.39 is 0 Å². The van der Waals surface area contributed by atoms with Crippen LogP contribution in [0, 0.1) is 5.92 Å². The van der Waals surface area contributed by atoms with Crippen LogP contribution in [0.1, 0.15) is 43.2 Å². The quantitative estimate of drug-likeness (QED) is 0.852. The van der Waals surface area contributed by atoms with Crippen molar-refractivity contribution >= 4 is 27.5 Å². The second kappa shape index (κ2) is 5.49. The molecule has 5 heteroatoms. The van der Waals surface area contributed by atoms with Gasteiger partial charge in [-0.3, -0.25) is 4.79 Å². The monoisotopic (exact) mass is 298 g/mol. The molecule has 0 aromatic carbocycles. The number of nitrogens with zero attached hydrogens (tertiary/aromatic N) is 1. The summed E-state index contributed by atoms with van der Waals surface area (Å²) in [6.45, 7) is 2.15. The van der Waals surface area contributed by atoms with Gasteiger partial charge in [-0.1, -0.05) is 13.3 Å². The van der Waals surface area contributed by atoms with Crippen LogP contribution in [-0.4, -0.2) is 11.6 Å². The third-order valence-electron chi connectivity index (χ3n) is 2.99. The number of halogens is 1. The Morgan fingerprint density at radius 2 is 2.35 bits per heavy atom. The number of nitrogens with one attached hydrogen (secondary N) is 1. The highest BCUT2D eigenvalue weighted by molar-refractivity contribution is 9.10. The molecular formula is C12H15BrN2O2. The molecular weight excluding hydrogens is 284 g/mol. The maximum absolute atomic E-state index is 11.7. The lowest BCUT2D eigenvalue weighted by molar-refractivity contribution is 0.0925. The standard InChI is InChI=1S/C12H15BrN2O2/c1-8-4-2-3-5-9(8)14-15-12(16)10-6-7-11(13)17-10/h6-8H,2-5H2,1H3,(H,15,16)/t8-/m1/s1. The van der Waals surface area contributed by atoms with Crippen LogP contribution in [0.5, 0.6) is 0 Å². The van der Waals surface area contributed by atoms with Crippen LogP contribution in [-0.2, 0) is 0 Å². The Balaban J connectivity index is 1.97. The fraction of sp³-hybridized carbons (Fsp3) is 0.500. The normalized spacial score (nSPS) is 22.7. The summed E-state index contributed by atoms with van der Waals surface area (Å²) in [5.41, 5.74) is 3.63. The molecule has 1 aromatic heterocycles. The van der Waals surface area contributed by atoms with Crippen molar-refractivity contribution in [3.63, 3.8) is 0 Å². The van der Waals surface area contributed by atoms with E-state index in [1.807, 2.05) is 0 Å². The van der Waals surface area contributed by atoms with E-state index in [0.717, 1.165) is 25.0 Å². The van der Waals surface area contributed by atoms with Gasteiger partial charge >= 0.3 is 5.91 Å². The second-order valence-electron chi connectivity index (χ2n) is 4.29.